The molecule has 4 rings (SSSR count). The number of esters is 1. The Morgan fingerprint density at radius 3 is 2.44 bits per heavy atom. The highest BCUT2D eigenvalue weighted by atomic mass is 16.5. The third-order valence-electron chi connectivity index (χ3n) is 6.32. The van der Waals surface area contributed by atoms with E-state index in [1.165, 1.54) is 25.3 Å². The number of carbonyl (C=O) groups excluding carboxylic acids is 2. The van der Waals surface area contributed by atoms with E-state index in [0.29, 0.717) is 34.6 Å². The number of anilines is 1. The molecule has 1 saturated carbocycles. The summed E-state index contributed by atoms with van der Waals surface area (Å²) in [6.45, 7) is 0.132. The maximum absolute atomic E-state index is 12.5. The van der Waals surface area contributed by atoms with Gasteiger partial charge in [-0.05, 0) is 61.1 Å². The fraction of sp³-hybridized carbons (Fsp3) is 0.393. The molecule has 8 heteroatoms. The molecule has 1 aliphatic rings. The van der Waals surface area contributed by atoms with Crippen LogP contribution in [0.15, 0.2) is 57.7 Å². The Kier molecular flexibility index (Phi) is 8.60. The van der Waals surface area contributed by atoms with Gasteiger partial charge in [-0.1, -0.05) is 31.4 Å². The molecular weight excluding hydrogens is 460 g/mol. The Morgan fingerprint density at radius 1 is 0.972 bits per heavy atom. The lowest BCUT2D eigenvalue weighted by atomic mass is 9.99. The number of fused-ring (bicyclic) bond motifs is 1. The normalized spacial score (nSPS) is 14.6. The quantitative estimate of drug-likeness (QED) is 0.274. The molecular formula is C28H32N2O6. The molecule has 0 atom stereocenters. The summed E-state index contributed by atoms with van der Waals surface area (Å²) in [5, 5.41) is 3.23. The number of hydrogen-bond acceptors (Lipinski definition) is 7. The Hall–Kier alpha value is -3.81. The van der Waals surface area contributed by atoms with Crippen molar-refractivity contribution < 1.29 is 23.5 Å². The molecule has 1 heterocycles. The Balaban J connectivity index is 1.34. The van der Waals surface area contributed by atoms with Crippen LogP contribution in [0.2, 0.25) is 0 Å². The number of nitrogens with one attached hydrogen (secondary N) is 1. The number of benzene rings is 2. The second kappa shape index (κ2) is 12.2. The lowest BCUT2D eigenvalue weighted by Crippen LogP contribution is -2.33. The van der Waals surface area contributed by atoms with Crippen molar-refractivity contribution >= 4 is 28.5 Å². The van der Waals surface area contributed by atoms with E-state index in [1.54, 1.807) is 30.3 Å². The molecule has 190 valence electrons. The molecule has 0 spiro atoms. The standard InChI is InChI=1S/C28H32N2O6/c29-21-10-8-19(9-11-21)18-34-23-12-13-24-20(15-27(32)36-25(24)16-23)14-26(31)30-17-28(33)35-22-6-4-2-1-3-5-7-22/h8-13,15-16,22H,1-7,14,17-18,29H2,(H,30,31). The van der Waals surface area contributed by atoms with Crippen LogP contribution in [0.1, 0.15) is 56.1 Å². The SMILES string of the molecule is Nc1ccc(COc2ccc3c(CC(=O)NCC(=O)OC4CCCCCCC4)cc(=O)oc3c2)cc1. The molecule has 2 aromatic carbocycles. The van der Waals surface area contributed by atoms with E-state index in [4.69, 9.17) is 19.6 Å². The molecule has 36 heavy (non-hydrogen) atoms. The van der Waals surface area contributed by atoms with Crippen LogP contribution < -0.4 is 21.4 Å². The van der Waals surface area contributed by atoms with Crippen molar-refractivity contribution in [2.45, 2.75) is 64.1 Å². The van der Waals surface area contributed by atoms with Gasteiger partial charge in [0.25, 0.3) is 0 Å². The van der Waals surface area contributed by atoms with Gasteiger partial charge in [-0.15, -0.1) is 0 Å². The fourth-order valence-corrected chi connectivity index (χ4v) is 4.40. The van der Waals surface area contributed by atoms with Crippen LogP contribution in [0.3, 0.4) is 0 Å². The molecule has 0 saturated heterocycles. The van der Waals surface area contributed by atoms with Crippen molar-refractivity contribution in [3.05, 3.63) is 70.1 Å². The first-order chi connectivity index (χ1) is 17.5. The van der Waals surface area contributed by atoms with Gasteiger partial charge in [-0.2, -0.15) is 0 Å². The summed E-state index contributed by atoms with van der Waals surface area (Å²) >= 11 is 0. The highest BCUT2D eigenvalue weighted by molar-refractivity contribution is 5.89. The van der Waals surface area contributed by atoms with Crippen LogP contribution in [0.4, 0.5) is 5.69 Å². The van der Waals surface area contributed by atoms with Gasteiger partial charge < -0.3 is 24.9 Å². The average molecular weight is 493 g/mol. The zero-order valence-corrected chi connectivity index (χ0v) is 20.3. The van der Waals surface area contributed by atoms with Gasteiger partial charge in [-0.25, -0.2) is 4.79 Å². The van der Waals surface area contributed by atoms with Gasteiger partial charge in [0.15, 0.2) is 0 Å². The van der Waals surface area contributed by atoms with E-state index in [1.807, 2.05) is 12.1 Å². The van der Waals surface area contributed by atoms with Gasteiger partial charge in [0.2, 0.25) is 5.91 Å². The van der Waals surface area contributed by atoms with Gasteiger partial charge in [0, 0.05) is 23.2 Å². The summed E-state index contributed by atoms with van der Waals surface area (Å²) < 4.78 is 16.7. The van der Waals surface area contributed by atoms with Crippen molar-refractivity contribution in [2.75, 3.05) is 12.3 Å². The largest absolute Gasteiger partial charge is 0.489 e. The van der Waals surface area contributed by atoms with E-state index in [-0.39, 0.29) is 25.0 Å². The van der Waals surface area contributed by atoms with Crippen LogP contribution >= 0.6 is 0 Å². The van der Waals surface area contributed by atoms with Gasteiger partial charge in [0.05, 0.1) is 6.42 Å². The number of carbonyl (C=O) groups is 2. The molecule has 1 aliphatic carbocycles. The predicted molar refractivity (Wildman–Crippen MR) is 137 cm³/mol. The predicted octanol–water partition coefficient (Wildman–Crippen LogP) is 4.27. The van der Waals surface area contributed by atoms with Crippen molar-refractivity contribution in [3.8, 4) is 5.75 Å². The summed E-state index contributed by atoms with van der Waals surface area (Å²) in [6.07, 6.45) is 7.29. The number of amides is 1. The van der Waals surface area contributed by atoms with Gasteiger partial charge in [-0.3, -0.25) is 9.59 Å². The zero-order chi connectivity index (χ0) is 25.3. The Morgan fingerprint density at radius 2 is 1.69 bits per heavy atom. The molecule has 0 unspecified atom stereocenters. The maximum atomic E-state index is 12.5. The average Bonchev–Trinajstić information content (AvgIpc) is 2.83. The fourth-order valence-electron chi connectivity index (χ4n) is 4.40. The van der Waals surface area contributed by atoms with Crippen LogP contribution in [-0.2, 0) is 27.4 Å². The second-order valence-corrected chi connectivity index (χ2v) is 9.19. The van der Waals surface area contributed by atoms with Crippen molar-refractivity contribution in [3.63, 3.8) is 0 Å². The Bertz CT molecular complexity index is 1240. The zero-order valence-electron chi connectivity index (χ0n) is 20.3. The van der Waals surface area contributed by atoms with Crippen LogP contribution in [0.5, 0.6) is 5.75 Å². The minimum Gasteiger partial charge on any atom is -0.489 e. The number of rotatable bonds is 8. The first-order valence-corrected chi connectivity index (χ1v) is 12.5. The second-order valence-electron chi connectivity index (χ2n) is 9.19. The number of ether oxygens (including phenoxy) is 2. The molecule has 3 aromatic rings. The minimum atomic E-state index is -0.565. The highest BCUT2D eigenvalue weighted by Crippen LogP contribution is 2.24. The Labute approximate surface area is 209 Å². The molecule has 0 radical (unpaired) electrons. The first-order valence-electron chi connectivity index (χ1n) is 12.5. The van der Waals surface area contributed by atoms with E-state index in [2.05, 4.69) is 5.32 Å². The van der Waals surface area contributed by atoms with E-state index in [0.717, 1.165) is 31.2 Å². The third kappa shape index (κ3) is 7.34. The first kappa shape index (κ1) is 25.3. The monoisotopic (exact) mass is 492 g/mol. The summed E-state index contributed by atoms with van der Waals surface area (Å²) in [7, 11) is 0. The maximum Gasteiger partial charge on any atom is 0.336 e. The van der Waals surface area contributed by atoms with Crippen LogP contribution in [0, 0.1) is 0 Å². The van der Waals surface area contributed by atoms with Gasteiger partial charge in [0.1, 0.15) is 30.6 Å². The molecule has 3 N–H and O–H groups in total. The lowest BCUT2D eigenvalue weighted by Gasteiger charge is -2.20. The van der Waals surface area contributed by atoms with E-state index in [9.17, 15) is 14.4 Å². The molecule has 1 aromatic heterocycles. The molecule has 8 nitrogen and oxygen atoms in total. The molecule has 1 amide bonds. The summed E-state index contributed by atoms with van der Waals surface area (Å²) in [4.78, 5) is 36.9. The molecule has 1 fully saturated rings. The van der Waals surface area contributed by atoms with Crippen LogP contribution in [0.25, 0.3) is 11.0 Å². The summed E-state index contributed by atoms with van der Waals surface area (Å²) in [5.74, 6) is -0.282. The number of hydrogen-bond donors (Lipinski definition) is 2. The van der Waals surface area contributed by atoms with Gasteiger partial charge >= 0.3 is 11.6 Å². The summed E-state index contributed by atoms with van der Waals surface area (Å²) in [6, 6.07) is 13.8. The number of nitrogens with two attached hydrogens (primary N) is 1. The topological polar surface area (TPSA) is 121 Å². The molecule has 0 aliphatic heterocycles. The van der Waals surface area contributed by atoms with E-state index < -0.39 is 11.6 Å². The van der Waals surface area contributed by atoms with Crippen molar-refractivity contribution in [1.82, 2.24) is 5.32 Å². The van der Waals surface area contributed by atoms with Crippen molar-refractivity contribution in [1.29, 1.82) is 0 Å². The van der Waals surface area contributed by atoms with Crippen molar-refractivity contribution in [2.24, 2.45) is 0 Å². The lowest BCUT2D eigenvalue weighted by molar-refractivity contribution is -0.149. The smallest absolute Gasteiger partial charge is 0.336 e. The van der Waals surface area contributed by atoms with E-state index >= 15 is 0 Å². The number of nitrogen functional groups attached to an aromatic ring is 1. The van der Waals surface area contributed by atoms with Crippen LogP contribution in [-0.4, -0.2) is 24.5 Å². The third-order valence-corrected chi connectivity index (χ3v) is 6.32. The molecule has 0 bridgehead atoms. The minimum absolute atomic E-state index is 0.0650. The summed E-state index contributed by atoms with van der Waals surface area (Å²) in [5.41, 5.74) is 7.60. The highest BCUT2D eigenvalue weighted by Gasteiger charge is 2.17.